The molecule has 2 atom stereocenters. The molecule has 1 amide bonds. The third kappa shape index (κ3) is 1.86. The second-order valence-electron chi connectivity index (χ2n) is 5.84. The zero-order chi connectivity index (χ0) is 13.5. The number of benzene rings is 1. The van der Waals surface area contributed by atoms with Crippen molar-refractivity contribution in [3.63, 3.8) is 0 Å². The monoisotopic (exact) mass is 270 g/mol. The fourth-order valence-corrected chi connectivity index (χ4v) is 3.55. The van der Waals surface area contributed by atoms with Gasteiger partial charge in [0.05, 0.1) is 12.0 Å². The Hall–Kier alpha value is -1.68. The number of carbonyl (C=O) groups is 1. The topological polar surface area (TPSA) is 50.7 Å². The molecule has 4 heteroatoms. The first-order valence-corrected chi connectivity index (χ1v) is 7.37. The Morgan fingerprint density at radius 2 is 2.00 bits per heavy atom. The van der Waals surface area contributed by atoms with Crippen molar-refractivity contribution >= 4 is 11.7 Å². The summed E-state index contributed by atoms with van der Waals surface area (Å²) < 4.78 is 5.39. The summed E-state index contributed by atoms with van der Waals surface area (Å²) in [5.41, 5.74) is 2.51. The van der Waals surface area contributed by atoms with Gasteiger partial charge in [-0.05, 0) is 30.4 Å². The van der Waals surface area contributed by atoms with Gasteiger partial charge in [-0.2, -0.15) is 0 Å². The van der Waals surface area contributed by atoms with Crippen LogP contribution in [0, 0.1) is 11.8 Å². The summed E-state index contributed by atoms with van der Waals surface area (Å²) in [4.78, 5) is 17.3. The minimum absolute atomic E-state index is 0.0176. The zero-order valence-corrected chi connectivity index (χ0v) is 11.3. The molecule has 1 aromatic rings. The molecule has 0 saturated carbocycles. The van der Waals surface area contributed by atoms with Crippen LogP contribution >= 0.6 is 0 Å². The van der Waals surface area contributed by atoms with Crippen molar-refractivity contribution in [3.8, 4) is 0 Å². The molecule has 104 valence electrons. The standard InChI is InChI=1S/C16H18N2O2/c19-16-13-9-11-3-1-2-4-12(11)14(13)17-15(18-16)10-5-7-20-8-6-10/h1-4,10,13-14H,5-9H2,(H,17,18,19)/t13-,14+/m1/s1. The van der Waals surface area contributed by atoms with Crippen LogP contribution in [0.2, 0.25) is 0 Å². The van der Waals surface area contributed by atoms with Gasteiger partial charge in [0.1, 0.15) is 5.84 Å². The average Bonchev–Trinajstić information content (AvgIpc) is 2.88. The number of nitrogens with zero attached hydrogens (tertiary/aromatic N) is 1. The lowest BCUT2D eigenvalue weighted by Gasteiger charge is -2.30. The van der Waals surface area contributed by atoms with Gasteiger partial charge in [0.15, 0.2) is 0 Å². The van der Waals surface area contributed by atoms with Crippen LogP contribution in [0.15, 0.2) is 29.3 Å². The molecule has 4 nitrogen and oxygen atoms in total. The number of ether oxygens (including phenoxy) is 1. The number of fused-ring (bicyclic) bond motifs is 3. The first-order chi connectivity index (χ1) is 9.83. The van der Waals surface area contributed by atoms with Crippen LogP contribution in [0.4, 0.5) is 0 Å². The number of carbonyl (C=O) groups excluding carboxylic acids is 1. The second kappa shape index (κ2) is 4.70. The molecule has 0 bridgehead atoms. The molecule has 1 fully saturated rings. The Morgan fingerprint density at radius 1 is 1.20 bits per heavy atom. The summed E-state index contributed by atoms with van der Waals surface area (Å²) in [6.45, 7) is 1.54. The maximum atomic E-state index is 12.4. The van der Waals surface area contributed by atoms with Crippen LogP contribution in [-0.2, 0) is 16.0 Å². The summed E-state index contributed by atoms with van der Waals surface area (Å²) in [5.74, 6) is 1.36. The first kappa shape index (κ1) is 12.1. The molecule has 2 heterocycles. The number of amides is 1. The van der Waals surface area contributed by atoms with E-state index in [1.165, 1.54) is 11.1 Å². The fourth-order valence-electron chi connectivity index (χ4n) is 3.55. The zero-order valence-electron chi connectivity index (χ0n) is 11.3. The van der Waals surface area contributed by atoms with Crippen LogP contribution < -0.4 is 5.32 Å². The Morgan fingerprint density at radius 3 is 2.85 bits per heavy atom. The molecule has 1 N–H and O–H groups in total. The lowest BCUT2D eigenvalue weighted by atomic mass is 9.93. The number of nitrogens with one attached hydrogen (secondary N) is 1. The van der Waals surface area contributed by atoms with Crippen molar-refractivity contribution in [1.82, 2.24) is 5.32 Å². The van der Waals surface area contributed by atoms with Crippen molar-refractivity contribution in [3.05, 3.63) is 35.4 Å². The smallest absolute Gasteiger partial charge is 0.231 e. The lowest BCUT2D eigenvalue weighted by Crippen LogP contribution is -2.46. The third-order valence-corrected chi connectivity index (χ3v) is 4.67. The van der Waals surface area contributed by atoms with E-state index in [1.54, 1.807) is 0 Å². The number of amidine groups is 1. The average molecular weight is 270 g/mol. The predicted octanol–water partition coefficient (Wildman–Crippen LogP) is 1.85. The van der Waals surface area contributed by atoms with Crippen molar-refractivity contribution in [1.29, 1.82) is 0 Å². The summed E-state index contributed by atoms with van der Waals surface area (Å²) in [6, 6.07) is 8.33. The Balaban J connectivity index is 1.68. The van der Waals surface area contributed by atoms with Gasteiger partial charge in [-0.1, -0.05) is 24.3 Å². The summed E-state index contributed by atoms with van der Waals surface area (Å²) in [7, 11) is 0. The van der Waals surface area contributed by atoms with Gasteiger partial charge in [-0.15, -0.1) is 0 Å². The van der Waals surface area contributed by atoms with Crippen molar-refractivity contribution in [2.24, 2.45) is 16.8 Å². The molecule has 2 aliphatic heterocycles. The van der Waals surface area contributed by atoms with Gasteiger partial charge in [0.2, 0.25) is 5.91 Å². The summed E-state index contributed by atoms with van der Waals surface area (Å²) in [6.07, 6.45) is 2.73. The number of hydrogen-bond donors (Lipinski definition) is 1. The molecule has 1 aromatic carbocycles. The van der Waals surface area contributed by atoms with Gasteiger partial charge in [0.25, 0.3) is 0 Å². The Kier molecular flexibility index (Phi) is 2.84. The van der Waals surface area contributed by atoms with E-state index in [0.29, 0.717) is 5.92 Å². The molecule has 0 spiro atoms. The van der Waals surface area contributed by atoms with Crippen molar-refractivity contribution in [2.75, 3.05) is 13.2 Å². The Labute approximate surface area is 118 Å². The number of aliphatic imine (C=N–C) groups is 1. The molecule has 0 unspecified atom stereocenters. The van der Waals surface area contributed by atoms with E-state index in [4.69, 9.17) is 9.73 Å². The maximum Gasteiger partial charge on any atom is 0.231 e. The summed E-state index contributed by atoms with van der Waals surface area (Å²) >= 11 is 0. The molecule has 3 aliphatic rings. The lowest BCUT2D eigenvalue weighted by molar-refractivity contribution is -0.124. The highest BCUT2D eigenvalue weighted by molar-refractivity contribution is 6.03. The van der Waals surface area contributed by atoms with E-state index in [1.807, 2.05) is 12.1 Å². The number of rotatable bonds is 1. The fraction of sp³-hybridized carbons (Fsp3) is 0.500. The van der Waals surface area contributed by atoms with Crippen LogP contribution in [0.5, 0.6) is 0 Å². The van der Waals surface area contributed by atoms with E-state index in [2.05, 4.69) is 17.4 Å². The highest BCUT2D eigenvalue weighted by Gasteiger charge is 2.41. The van der Waals surface area contributed by atoms with E-state index < -0.39 is 0 Å². The maximum absolute atomic E-state index is 12.4. The molecular weight excluding hydrogens is 252 g/mol. The highest BCUT2D eigenvalue weighted by atomic mass is 16.5. The first-order valence-electron chi connectivity index (χ1n) is 7.37. The molecule has 20 heavy (non-hydrogen) atoms. The molecule has 4 rings (SSSR count). The minimum Gasteiger partial charge on any atom is -0.381 e. The normalized spacial score (nSPS) is 29.4. The van der Waals surface area contributed by atoms with Crippen molar-refractivity contribution < 1.29 is 9.53 Å². The summed E-state index contributed by atoms with van der Waals surface area (Å²) in [5, 5.41) is 3.05. The largest absolute Gasteiger partial charge is 0.381 e. The molecule has 1 aliphatic carbocycles. The van der Waals surface area contributed by atoms with Crippen LogP contribution in [0.25, 0.3) is 0 Å². The second-order valence-corrected chi connectivity index (χ2v) is 5.84. The third-order valence-electron chi connectivity index (χ3n) is 4.67. The molecular formula is C16H18N2O2. The highest BCUT2D eigenvalue weighted by Crippen LogP contribution is 2.41. The Bertz CT molecular complexity index is 576. The number of hydrogen-bond acceptors (Lipinski definition) is 3. The molecule has 0 aromatic heterocycles. The van der Waals surface area contributed by atoms with Gasteiger partial charge in [0, 0.05) is 19.1 Å². The predicted molar refractivity (Wildman–Crippen MR) is 75.5 cm³/mol. The van der Waals surface area contributed by atoms with Gasteiger partial charge in [-0.25, -0.2) is 0 Å². The van der Waals surface area contributed by atoms with Crippen LogP contribution in [0.3, 0.4) is 0 Å². The van der Waals surface area contributed by atoms with E-state index in [0.717, 1.165) is 38.3 Å². The van der Waals surface area contributed by atoms with E-state index in [-0.39, 0.29) is 17.9 Å². The minimum atomic E-state index is -0.0176. The van der Waals surface area contributed by atoms with Gasteiger partial charge >= 0.3 is 0 Å². The molecule has 0 radical (unpaired) electrons. The van der Waals surface area contributed by atoms with E-state index in [9.17, 15) is 4.79 Å². The van der Waals surface area contributed by atoms with Gasteiger partial charge in [-0.3, -0.25) is 9.79 Å². The van der Waals surface area contributed by atoms with Crippen molar-refractivity contribution in [2.45, 2.75) is 25.3 Å². The quantitative estimate of drug-likeness (QED) is 0.846. The SMILES string of the molecule is O=C1NC(C2CCOCC2)=N[C@H]2c3ccccc3C[C@@H]12. The van der Waals surface area contributed by atoms with E-state index >= 15 is 0 Å². The molecule has 1 saturated heterocycles. The van der Waals surface area contributed by atoms with Gasteiger partial charge < -0.3 is 10.1 Å². The van der Waals surface area contributed by atoms with Crippen LogP contribution in [0.1, 0.15) is 30.0 Å². The van der Waals surface area contributed by atoms with Crippen LogP contribution in [-0.4, -0.2) is 25.0 Å².